The normalized spacial score (nSPS) is 31.5. The first kappa shape index (κ1) is 37.6. The zero-order valence-electron chi connectivity index (χ0n) is 28.9. The standard InChI is InChI=1S/C36H49NO10/c1-20(2)19-43-28-16-29(46-34(42)27-12-11-15-37-18-27)35(9,10)14-13-21(3)33(41)36(47-26(8)40)17-22(4)31(44-24(6)38)30(36)32(23(28)5)45-25(7)39/h11-15,18,20-22,28-32H,5,16-17,19H2,1-4,6-10H3/b14-13-/t21-,22+,28-,29-,30-,31+,32+,36-/m1/s1. The Morgan fingerprint density at radius 3 is 2.23 bits per heavy atom. The number of rotatable bonds is 8. The van der Waals surface area contributed by atoms with Crippen molar-refractivity contribution in [2.24, 2.45) is 29.1 Å². The van der Waals surface area contributed by atoms with Gasteiger partial charge in [0.05, 0.1) is 17.6 Å². The van der Waals surface area contributed by atoms with E-state index in [9.17, 15) is 24.0 Å². The molecule has 2 aliphatic rings. The van der Waals surface area contributed by atoms with E-state index in [-0.39, 0.29) is 36.5 Å². The Kier molecular flexibility index (Phi) is 12.3. The van der Waals surface area contributed by atoms with E-state index in [1.165, 1.54) is 27.0 Å². The highest BCUT2D eigenvalue weighted by atomic mass is 16.6. The Morgan fingerprint density at radius 1 is 1.02 bits per heavy atom. The molecule has 1 saturated carbocycles. The Balaban J connectivity index is 2.31. The summed E-state index contributed by atoms with van der Waals surface area (Å²) in [5.74, 6) is -5.43. The maximum Gasteiger partial charge on any atom is 0.340 e. The van der Waals surface area contributed by atoms with Gasteiger partial charge in [-0.2, -0.15) is 0 Å². The van der Waals surface area contributed by atoms with Gasteiger partial charge in [-0.3, -0.25) is 24.2 Å². The molecule has 2 aliphatic carbocycles. The van der Waals surface area contributed by atoms with E-state index in [1.807, 2.05) is 33.8 Å². The van der Waals surface area contributed by atoms with Crippen LogP contribution in [0.2, 0.25) is 0 Å². The number of carbonyl (C=O) groups excluding carboxylic acids is 5. The SMILES string of the molecule is C=C1[C@H](OCC(C)C)C[C@@H](OC(=O)c2cccnc2)C(C)(C)/C=C\[C@@H](C)C(=O)[C@@]2(OC(C)=O)C[C@H](C)[C@H](OC(C)=O)[C@@H]2[C@H]1OC(C)=O. The monoisotopic (exact) mass is 655 g/mol. The van der Waals surface area contributed by atoms with E-state index in [2.05, 4.69) is 11.6 Å². The molecule has 0 bridgehead atoms. The van der Waals surface area contributed by atoms with Crippen LogP contribution in [0.4, 0.5) is 0 Å². The quantitative estimate of drug-likeness (QED) is 0.207. The number of fused-ring (bicyclic) bond motifs is 1. The summed E-state index contributed by atoms with van der Waals surface area (Å²) in [5.41, 5.74) is -2.18. The Bertz CT molecular complexity index is 1370. The van der Waals surface area contributed by atoms with Crippen molar-refractivity contribution in [3.05, 3.63) is 54.4 Å². The molecule has 8 atom stereocenters. The van der Waals surface area contributed by atoms with Gasteiger partial charge < -0.3 is 23.7 Å². The second-order valence-electron chi connectivity index (χ2n) is 13.8. The van der Waals surface area contributed by atoms with Crippen LogP contribution in [0.5, 0.6) is 0 Å². The summed E-state index contributed by atoms with van der Waals surface area (Å²) < 4.78 is 30.3. The topological polar surface area (TPSA) is 144 Å². The lowest BCUT2D eigenvalue weighted by Gasteiger charge is -2.43. The molecule has 0 spiro atoms. The summed E-state index contributed by atoms with van der Waals surface area (Å²) in [4.78, 5) is 69.9. The number of pyridine rings is 1. The molecular weight excluding hydrogens is 606 g/mol. The highest BCUT2D eigenvalue weighted by Crippen LogP contribution is 2.51. The zero-order valence-corrected chi connectivity index (χ0v) is 28.9. The van der Waals surface area contributed by atoms with Crippen LogP contribution in [0.15, 0.2) is 48.8 Å². The smallest absolute Gasteiger partial charge is 0.340 e. The molecular formula is C36H49NO10. The van der Waals surface area contributed by atoms with Gasteiger partial charge in [0.15, 0.2) is 11.4 Å². The Morgan fingerprint density at radius 2 is 1.68 bits per heavy atom. The van der Waals surface area contributed by atoms with Crippen molar-refractivity contribution in [2.75, 3.05) is 6.61 Å². The molecule has 0 aliphatic heterocycles. The molecule has 11 heteroatoms. The Hall–Kier alpha value is -3.86. The molecule has 0 saturated heterocycles. The van der Waals surface area contributed by atoms with Crippen LogP contribution in [-0.4, -0.2) is 71.3 Å². The van der Waals surface area contributed by atoms with Crippen LogP contribution in [-0.2, 0) is 42.9 Å². The lowest BCUT2D eigenvalue weighted by atomic mass is 9.72. The average molecular weight is 656 g/mol. The molecule has 258 valence electrons. The van der Waals surface area contributed by atoms with Crippen LogP contribution in [0, 0.1) is 29.1 Å². The lowest BCUT2D eigenvalue weighted by Crippen LogP contribution is -2.57. The van der Waals surface area contributed by atoms with E-state index < -0.39 is 82.8 Å². The third kappa shape index (κ3) is 8.94. The lowest BCUT2D eigenvalue weighted by molar-refractivity contribution is -0.185. The number of nitrogens with zero attached hydrogens (tertiary/aromatic N) is 1. The molecule has 1 aromatic heterocycles. The Labute approximate surface area is 277 Å². The first-order valence-corrected chi connectivity index (χ1v) is 16.1. The maximum atomic E-state index is 14.6. The predicted molar refractivity (Wildman–Crippen MR) is 172 cm³/mol. The van der Waals surface area contributed by atoms with E-state index in [1.54, 1.807) is 38.3 Å². The molecule has 0 amide bonds. The van der Waals surface area contributed by atoms with Crippen molar-refractivity contribution in [3.8, 4) is 0 Å². The van der Waals surface area contributed by atoms with Gasteiger partial charge in [0.2, 0.25) is 0 Å². The fourth-order valence-corrected chi connectivity index (χ4v) is 6.56. The molecule has 0 N–H and O–H groups in total. The fraction of sp³-hybridized carbons (Fsp3) is 0.611. The van der Waals surface area contributed by atoms with E-state index in [0.29, 0.717) is 0 Å². The molecule has 0 radical (unpaired) electrons. The molecule has 1 heterocycles. The van der Waals surface area contributed by atoms with Crippen molar-refractivity contribution in [3.63, 3.8) is 0 Å². The average Bonchev–Trinajstić information content (AvgIpc) is 3.24. The molecule has 1 aromatic rings. The van der Waals surface area contributed by atoms with Crippen LogP contribution in [0.3, 0.4) is 0 Å². The van der Waals surface area contributed by atoms with E-state index in [0.717, 1.165) is 0 Å². The first-order valence-electron chi connectivity index (χ1n) is 16.1. The number of hydrogen-bond donors (Lipinski definition) is 0. The number of Topliss-reactive ketones (excluding diaryl/α,β-unsaturated/α-hetero) is 1. The number of ether oxygens (including phenoxy) is 5. The van der Waals surface area contributed by atoms with Gasteiger partial charge >= 0.3 is 23.9 Å². The molecule has 47 heavy (non-hydrogen) atoms. The van der Waals surface area contributed by atoms with Crippen molar-refractivity contribution < 1.29 is 47.7 Å². The van der Waals surface area contributed by atoms with Gasteiger partial charge in [-0.25, -0.2) is 4.79 Å². The minimum atomic E-state index is -1.84. The van der Waals surface area contributed by atoms with Crippen molar-refractivity contribution in [1.82, 2.24) is 4.98 Å². The third-order valence-corrected chi connectivity index (χ3v) is 8.78. The minimum absolute atomic E-state index is 0.0174. The number of ketones is 1. The van der Waals surface area contributed by atoms with Gasteiger partial charge in [0, 0.05) is 63.9 Å². The van der Waals surface area contributed by atoms with Crippen LogP contribution in [0.25, 0.3) is 0 Å². The van der Waals surface area contributed by atoms with Crippen molar-refractivity contribution in [2.45, 2.75) is 105 Å². The van der Waals surface area contributed by atoms with Gasteiger partial charge in [-0.15, -0.1) is 0 Å². The number of allylic oxidation sites excluding steroid dienone is 1. The first-order chi connectivity index (χ1) is 21.9. The van der Waals surface area contributed by atoms with E-state index >= 15 is 0 Å². The number of aromatic nitrogens is 1. The second kappa shape index (κ2) is 15.4. The fourth-order valence-electron chi connectivity index (χ4n) is 6.56. The zero-order chi connectivity index (χ0) is 35.3. The summed E-state index contributed by atoms with van der Waals surface area (Å²) in [5, 5.41) is 0. The molecule has 3 rings (SSSR count). The minimum Gasteiger partial charge on any atom is -0.462 e. The highest BCUT2D eigenvalue weighted by Gasteiger charge is 2.65. The maximum absolute atomic E-state index is 14.6. The number of hydrogen-bond acceptors (Lipinski definition) is 11. The van der Waals surface area contributed by atoms with E-state index in [4.69, 9.17) is 23.7 Å². The van der Waals surface area contributed by atoms with Crippen LogP contribution >= 0.6 is 0 Å². The van der Waals surface area contributed by atoms with Crippen LogP contribution < -0.4 is 0 Å². The molecule has 1 fully saturated rings. The van der Waals surface area contributed by atoms with Crippen LogP contribution in [0.1, 0.15) is 85.5 Å². The largest absolute Gasteiger partial charge is 0.462 e. The summed E-state index contributed by atoms with van der Waals surface area (Å²) in [6.07, 6.45) is 2.60. The molecule has 11 nitrogen and oxygen atoms in total. The highest BCUT2D eigenvalue weighted by molar-refractivity contribution is 5.93. The van der Waals surface area contributed by atoms with Gasteiger partial charge in [0.1, 0.15) is 18.3 Å². The van der Waals surface area contributed by atoms with Crippen molar-refractivity contribution in [1.29, 1.82) is 0 Å². The van der Waals surface area contributed by atoms with Crippen molar-refractivity contribution >= 4 is 29.7 Å². The number of esters is 4. The van der Waals surface area contributed by atoms with Gasteiger partial charge in [0.25, 0.3) is 0 Å². The summed E-state index contributed by atoms with van der Waals surface area (Å²) in [7, 11) is 0. The molecule has 0 aromatic carbocycles. The van der Waals surface area contributed by atoms with Gasteiger partial charge in [-0.1, -0.05) is 60.3 Å². The second-order valence-corrected chi connectivity index (χ2v) is 13.8. The summed E-state index contributed by atoms with van der Waals surface area (Å²) in [6.45, 7) is 19.4. The summed E-state index contributed by atoms with van der Waals surface area (Å²) in [6, 6.07) is 3.23. The molecule has 0 unspecified atom stereocenters. The predicted octanol–water partition coefficient (Wildman–Crippen LogP) is 5.22. The van der Waals surface area contributed by atoms with Gasteiger partial charge in [-0.05, 0) is 29.5 Å². The number of carbonyl (C=O) groups is 5. The summed E-state index contributed by atoms with van der Waals surface area (Å²) >= 11 is 0. The third-order valence-electron chi connectivity index (χ3n) is 8.78.